The maximum absolute atomic E-state index is 2.44. The molecule has 1 aromatic heterocycles. The Labute approximate surface area is 160 Å². The molecule has 26 heavy (non-hydrogen) atoms. The zero-order chi connectivity index (χ0) is 18.0. The number of rotatable bonds is 1. The number of aromatic nitrogens is 1. The Balaban J connectivity index is 2.05. The van der Waals surface area contributed by atoms with Crippen molar-refractivity contribution in [2.45, 2.75) is 26.7 Å². The summed E-state index contributed by atoms with van der Waals surface area (Å²) in [6.45, 7) is 6.94. The van der Waals surface area contributed by atoms with E-state index in [1.54, 1.807) is 10.0 Å². The standard InChI is InChI=1S/C24H22NSe/c1-14(2)20-17-9-5-6-10-18(17)25(4)23-21-15(3)12-13-16-8-7-11-19(22(16)21)26-24(20)23/h5-14H,1-4H3/q+1. The van der Waals surface area contributed by atoms with Gasteiger partial charge in [-0.3, -0.25) is 0 Å². The number of nitrogens with zero attached hydrogens (tertiary/aromatic N) is 1. The molecule has 4 aromatic rings. The second-order valence-corrected chi connectivity index (χ2v) is 9.74. The van der Waals surface area contributed by atoms with E-state index in [0.717, 1.165) is 0 Å². The number of fused-ring (bicyclic) bond motifs is 3. The SMILES string of the molecule is Cc1ccc2cccc3c2c1-c1c(c(C(C)C)c2ccccc2[n+]1C)[Se]3. The molecule has 0 radical (unpaired) electrons. The normalized spacial score (nSPS) is 12.8. The minimum atomic E-state index is 0.330. The van der Waals surface area contributed by atoms with Gasteiger partial charge in [0.15, 0.2) is 0 Å². The van der Waals surface area contributed by atoms with Gasteiger partial charge in [-0.2, -0.15) is 0 Å². The van der Waals surface area contributed by atoms with Crippen molar-refractivity contribution in [2.75, 3.05) is 0 Å². The van der Waals surface area contributed by atoms with E-state index in [2.05, 4.69) is 87.0 Å². The molecule has 0 spiro atoms. The molecule has 0 amide bonds. The summed E-state index contributed by atoms with van der Waals surface area (Å²) in [6, 6.07) is 20.3. The van der Waals surface area contributed by atoms with Crippen LogP contribution in [0.1, 0.15) is 30.9 Å². The average Bonchev–Trinajstić information content (AvgIpc) is 2.64. The van der Waals surface area contributed by atoms with Crippen LogP contribution in [0.3, 0.4) is 0 Å². The van der Waals surface area contributed by atoms with Crippen molar-refractivity contribution in [3.63, 3.8) is 0 Å². The molecule has 0 N–H and O–H groups in total. The third-order valence-electron chi connectivity index (χ3n) is 5.59. The van der Waals surface area contributed by atoms with E-state index in [1.807, 2.05) is 0 Å². The molecule has 0 saturated heterocycles. The molecule has 2 heteroatoms. The van der Waals surface area contributed by atoms with E-state index in [1.165, 1.54) is 43.0 Å². The van der Waals surface area contributed by atoms with Crippen LogP contribution in [0.25, 0.3) is 32.9 Å². The molecule has 0 saturated carbocycles. The number of hydrogen-bond acceptors (Lipinski definition) is 0. The van der Waals surface area contributed by atoms with E-state index in [0.29, 0.717) is 20.9 Å². The van der Waals surface area contributed by atoms with Crippen molar-refractivity contribution >= 4 is 45.6 Å². The molecule has 0 atom stereocenters. The molecule has 0 aliphatic carbocycles. The van der Waals surface area contributed by atoms with Gasteiger partial charge in [0.25, 0.3) is 0 Å². The topological polar surface area (TPSA) is 3.88 Å². The molecule has 128 valence electrons. The molecular weight excluding hydrogens is 381 g/mol. The summed E-state index contributed by atoms with van der Waals surface area (Å²) < 4.78 is 5.54. The van der Waals surface area contributed by atoms with Crippen LogP contribution in [0.4, 0.5) is 0 Å². The van der Waals surface area contributed by atoms with Crippen LogP contribution in [0.5, 0.6) is 0 Å². The Kier molecular flexibility index (Phi) is 3.50. The van der Waals surface area contributed by atoms with Gasteiger partial charge < -0.3 is 0 Å². The van der Waals surface area contributed by atoms with Crippen molar-refractivity contribution in [3.05, 3.63) is 65.7 Å². The van der Waals surface area contributed by atoms with Gasteiger partial charge in [0.05, 0.1) is 0 Å². The van der Waals surface area contributed by atoms with Crippen molar-refractivity contribution < 1.29 is 4.57 Å². The molecule has 5 rings (SSSR count). The van der Waals surface area contributed by atoms with E-state index >= 15 is 0 Å². The first-order valence-corrected chi connectivity index (χ1v) is 10.9. The molecule has 1 aliphatic heterocycles. The molecule has 1 nitrogen and oxygen atoms in total. The first-order valence-electron chi connectivity index (χ1n) is 9.23. The Morgan fingerprint density at radius 2 is 1.73 bits per heavy atom. The van der Waals surface area contributed by atoms with Gasteiger partial charge in [-0.25, -0.2) is 0 Å². The summed E-state index contributed by atoms with van der Waals surface area (Å²) in [5.41, 5.74) is 7.13. The number of benzene rings is 3. The van der Waals surface area contributed by atoms with E-state index in [-0.39, 0.29) is 0 Å². The molecule has 2 heterocycles. The van der Waals surface area contributed by atoms with Crippen LogP contribution in [0.15, 0.2) is 54.6 Å². The number of para-hydroxylation sites is 1. The van der Waals surface area contributed by atoms with Crippen LogP contribution < -0.4 is 13.5 Å². The van der Waals surface area contributed by atoms with Crippen LogP contribution in [-0.2, 0) is 7.05 Å². The van der Waals surface area contributed by atoms with Crippen LogP contribution in [0, 0.1) is 6.92 Å². The third-order valence-corrected chi connectivity index (χ3v) is 8.06. The number of hydrogen-bond donors (Lipinski definition) is 0. The second-order valence-electron chi connectivity index (χ2n) is 7.54. The summed E-state index contributed by atoms with van der Waals surface area (Å²) in [5.74, 6) is 0.515. The van der Waals surface area contributed by atoms with E-state index in [9.17, 15) is 0 Å². The van der Waals surface area contributed by atoms with Gasteiger partial charge in [0, 0.05) is 0 Å². The summed E-state index contributed by atoms with van der Waals surface area (Å²) in [7, 11) is 2.24. The first-order chi connectivity index (χ1) is 12.6. The van der Waals surface area contributed by atoms with Crippen LogP contribution in [-0.4, -0.2) is 15.0 Å². The fourth-order valence-electron chi connectivity index (χ4n) is 4.42. The van der Waals surface area contributed by atoms with Crippen LogP contribution >= 0.6 is 0 Å². The van der Waals surface area contributed by atoms with Crippen molar-refractivity contribution in [1.82, 2.24) is 0 Å². The Hall–Kier alpha value is -2.15. The molecule has 0 unspecified atom stereocenters. The van der Waals surface area contributed by atoms with E-state index in [4.69, 9.17) is 0 Å². The Morgan fingerprint density at radius 3 is 2.54 bits per heavy atom. The predicted molar refractivity (Wildman–Crippen MR) is 112 cm³/mol. The first kappa shape index (κ1) is 16.1. The average molecular weight is 403 g/mol. The van der Waals surface area contributed by atoms with Gasteiger partial charge in [-0.1, -0.05) is 0 Å². The fourth-order valence-corrected chi connectivity index (χ4v) is 7.53. The summed E-state index contributed by atoms with van der Waals surface area (Å²) in [5, 5.41) is 4.25. The number of aryl methyl sites for hydroxylation is 2. The molecular formula is C24H22NSe+. The summed E-state index contributed by atoms with van der Waals surface area (Å²) in [4.78, 5) is 0. The summed E-state index contributed by atoms with van der Waals surface area (Å²) >= 11 is 0.330. The monoisotopic (exact) mass is 404 g/mol. The van der Waals surface area contributed by atoms with Crippen molar-refractivity contribution in [1.29, 1.82) is 0 Å². The molecule has 0 fully saturated rings. The minimum absolute atomic E-state index is 0.330. The van der Waals surface area contributed by atoms with Gasteiger partial charge in [-0.05, 0) is 0 Å². The van der Waals surface area contributed by atoms with Gasteiger partial charge in [0.2, 0.25) is 0 Å². The van der Waals surface area contributed by atoms with Gasteiger partial charge in [0.1, 0.15) is 0 Å². The fraction of sp³-hybridized carbons (Fsp3) is 0.208. The zero-order valence-corrected chi connectivity index (χ0v) is 17.3. The van der Waals surface area contributed by atoms with E-state index < -0.39 is 0 Å². The Morgan fingerprint density at radius 1 is 0.923 bits per heavy atom. The molecule has 0 bridgehead atoms. The molecule has 1 aliphatic rings. The quantitative estimate of drug-likeness (QED) is 0.295. The van der Waals surface area contributed by atoms with Crippen molar-refractivity contribution in [2.24, 2.45) is 7.05 Å². The summed E-state index contributed by atoms with van der Waals surface area (Å²) in [6.07, 6.45) is 0. The third kappa shape index (κ3) is 2.06. The second kappa shape index (κ2) is 5.67. The zero-order valence-electron chi connectivity index (χ0n) is 15.6. The van der Waals surface area contributed by atoms with Crippen molar-refractivity contribution in [3.8, 4) is 11.3 Å². The van der Waals surface area contributed by atoms with Gasteiger partial charge in [-0.15, -0.1) is 0 Å². The predicted octanol–water partition coefficient (Wildman–Crippen LogP) is 3.88. The Bertz CT molecular complexity index is 1200. The van der Waals surface area contributed by atoms with Gasteiger partial charge >= 0.3 is 161 Å². The maximum atomic E-state index is 2.44. The van der Waals surface area contributed by atoms with Crippen LogP contribution in [0.2, 0.25) is 0 Å². The number of pyridine rings is 1. The molecule has 3 aromatic carbocycles.